The van der Waals surface area contributed by atoms with E-state index < -0.39 is 6.10 Å². The average molecular weight is 336 g/mol. The van der Waals surface area contributed by atoms with Gasteiger partial charge in [0.2, 0.25) is 5.91 Å². The second kappa shape index (κ2) is 5.94. The normalized spacial score (nSPS) is 16.0. The molecule has 0 saturated heterocycles. The van der Waals surface area contributed by atoms with Gasteiger partial charge in [-0.25, -0.2) is 0 Å². The highest BCUT2D eigenvalue weighted by Crippen LogP contribution is 2.30. The average Bonchev–Trinajstić information content (AvgIpc) is 3.04. The van der Waals surface area contributed by atoms with Crippen LogP contribution in [-0.4, -0.2) is 28.1 Å². The first kappa shape index (κ1) is 15.2. The molecule has 25 heavy (non-hydrogen) atoms. The van der Waals surface area contributed by atoms with Crippen molar-refractivity contribution in [1.82, 2.24) is 10.2 Å². The molecule has 0 saturated carbocycles. The minimum atomic E-state index is -0.515. The van der Waals surface area contributed by atoms with Crippen molar-refractivity contribution in [2.45, 2.75) is 19.4 Å². The van der Waals surface area contributed by atoms with Crippen molar-refractivity contribution in [2.75, 3.05) is 10.6 Å². The number of carbonyl (C=O) groups excluding carboxylic acids is 2. The molecule has 7 nitrogen and oxygen atoms in total. The number of hydrogen-bond acceptors (Lipinski definition) is 4. The minimum absolute atomic E-state index is 0.143. The number of aromatic amines is 1. The molecule has 0 fully saturated rings. The topological polar surface area (TPSA) is 96.1 Å². The molecule has 1 aliphatic rings. The molecule has 2 heterocycles. The van der Waals surface area contributed by atoms with Crippen molar-refractivity contribution >= 4 is 34.1 Å². The number of benzene rings is 2. The molecule has 0 radical (unpaired) electrons. The smallest absolute Gasteiger partial charge is 0.265 e. The van der Waals surface area contributed by atoms with E-state index in [1.165, 1.54) is 0 Å². The highest BCUT2D eigenvalue weighted by Gasteiger charge is 2.23. The summed E-state index contributed by atoms with van der Waals surface area (Å²) < 4.78 is 5.51. The predicted molar refractivity (Wildman–Crippen MR) is 93.6 cm³/mol. The first-order valence-corrected chi connectivity index (χ1v) is 7.92. The standard InChI is InChI=1S/C18H16N4O3/c1-10-18(24)21-15-6-11(2-5-16(15)25-10)7-17(23)20-13-4-3-12-9-19-22-14(12)8-13/h2-6,8-10H,7H2,1H3,(H,19,22)(H,20,23)(H,21,24). The lowest BCUT2D eigenvalue weighted by Gasteiger charge is -2.23. The van der Waals surface area contributed by atoms with Crippen LogP contribution in [0.1, 0.15) is 12.5 Å². The maximum absolute atomic E-state index is 12.3. The molecule has 1 unspecified atom stereocenters. The number of nitrogens with one attached hydrogen (secondary N) is 3. The highest BCUT2D eigenvalue weighted by molar-refractivity contribution is 5.98. The van der Waals surface area contributed by atoms with Crippen LogP contribution >= 0.6 is 0 Å². The second-order valence-electron chi connectivity index (χ2n) is 5.98. The summed E-state index contributed by atoms with van der Waals surface area (Å²) in [5, 5.41) is 13.5. The highest BCUT2D eigenvalue weighted by atomic mass is 16.5. The molecule has 3 N–H and O–H groups in total. The van der Waals surface area contributed by atoms with Gasteiger partial charge in [-0.05, 0) is 42.8 Å². The Morgan fingerprint density at radius 2 is 2.16 bits per heavy atom. The van der Waals surface area contributed by atoms with Gasteiger partial charge >= 0.3 is 0 Å². The molecule has 3 aromatic rings. The number of aromatic nitrogens is 2. The Kier molecular flexibility index (Phi) is 3.61. The van der Waals surface area contributed by atoms with Gasteiger partial charge in [0, 0.05) is 11.1 Å². The summed E-state index contributed by atoms with van der Waals surface area (Å²) in [6, 6.07) is 10.9. The van der Waals surface area contributed by atoms with Gasteiger partial charge in [-0.3, -0.25) is 14.7 Å². The van der Waals surface area contributed by atoms with E-state index in [1.807, 2.05) is 24.3 Å². The van der Waals surface area contributed by atoms with Crippen LogP contribution in [0, 0.1) is 0 Å². The summed E-state index contributed by atoms with van der Waals surface area (Å²) in [7, 11) is 0. The molecular weight excluding hydrogens is 320 g/mol. The number of carbonyl (C=O) groups is 2. The van der Waals surface area contributed by atoms with Gasteiger partial charge in [0.25, 0.3) is 5.91 Å². The fourth-order valence-corrected chi connectivity index (χ4v) is 2.77. The van der Waals surface area contributed by atoms with Crippen LogP contribution in [0.5, 0.6) is 5.75 Å². The van der Waals surface area contributed by atoms with Crippen molar-refractivity contribution < 1.29 is 14.3 Å². The first-order valence-electron chi connectivity index (χ1n) is 7.92. The van der Waals surface area contributed by atoms with E-state index in [-0.39, 0.29) is 18.2 Å². The third-order valence-corrected chi connectivity index (χ3v) is 4.07. The Morgan fingerprint density at radius 1 is 1.28 bits per heavy atom. The number of rotatable bonds is 3. The number of fused-ring (bicyclic) bond motifs is 2. The Hall–Kier alpha value is -3.35. The van der Waals surface area contributed by atoms with Gasteiger partial charge in [-0.1, -0.05) is 6.07 Å². The van der Waals surface area contributed by atoms with Crippen LogP contribution in [0.2, 0.25) is 0 Å². The number of amides is 2. The summed E-state index contributed by atoms with van der Waals surface area (Å²) in [5.41, 5.74) is 2.94. The van der Waals surface area contributed by atoms with Crippen LogP contribution in [0.25, 0.3) is 10.9 Å². The van der Waals surface area contributed by atoms with E-state index >= 15 is 0 Å². The number of H-pyrrole nitrogens is 1. The summed E-state index contributed by atoms with van der Waals surface area (Å²) in [6.07, 6.45) is 1.41. The van der Waals surface area contributed by atoms with E-state index in [2.05, 4.69) is 20.8 Å². The number of hydrogen-bond donors (Lipinski definition) is 3. The lowest BCUT2D eigenvalue weighted by molar-refractivity contribution is -0.122. The molecule has 0 aliphatic carbocycles. The third kappa shape index (κ3) is 3.03. The van der Waals surface area contributed by atoms with Crippen LogP contribution in [0.3, 0.4) is 0 Å². The SMILES string of the molecule is CC1Oc2ccc(CC(=O)Nc3ccc4cn[nH]c4c3)cc2NC1=O. The van der Waals surface area contributed by atoms with Gasteiger partial charge in [0.1, 0.15) is 5.75 Å². The molecular formula is C18H16N4O3. The molecule has 2 amide bonds. The maximum atomic E-state index is 12.3. The zero-order chi connectivity index (χ0) is 17.4. The molecule has 1 atom stereocenters. The van der Waals surface area contributed by atoms with Crippen LogP contribution in [0.4, 0.5) is 11.4 Å². The van der Waals surface area contributed by atoms with Gasteiger partial charge < -0.3 is 15.4 Å². The van der Waals surface area contributed by atoms with E-state index in [4.69, 9.17) is 4.74 Å². The van der Waals surface area contributed by atoms with Crippen LogP contribution in [-0.2, 0) is 16.0 Å². The second-order valence-corrected chi connectivity index (χ2v) is 5.98. The van der Waals surface area contributed by atoms with Crippen LogP contribution in [0.15, 0.2) is 42.6 Å². The Labute approximate surface area is 143 Å². The summed E-state index contributed by atoms with van der Waals surface area (Å²) in [6.45, 7) is 1.69. The fourth-order valence-electron chi connectivity index (χ4n) is 2.77. The number of ether oxygens (including phenoxy) is 1. The largest absolute Gasteiger partial charge is 0.479 e. The van der Waals surface area contributed by atoms with E-state index in [9.17, 15) is 9.59 Å². The molecule has 1 aromatic heterocycles. The minimum Gasteiger partial charge on any atom is -0.479 e. The molecule has 4 rings (SSSR count). The maximum Gasteiger partial charge on any atom is 0.265 e. The molecule has 0 spiro atoms. The lowest BCUT2D eigenvalue weighted by atomic mass is 10.1. The van der Waals surface area contributed by atoms with E-state index in [0.717, 1.165) is 16.5 Å². The fraction of sp³-hybridized carbons (Fsp3) is 0.167. The molecule has 0 bridgehead atoms. The van der Waals surface area contributed by atoms with Crippen molar-refractivity contribution in [2.24, 2.45) is 0 Å². The third-order valence-electron chi connectivity index (χ3n) is 4.07. The number of nitrogens with zero attached hydrogens (tertiary/aromatic N) is 1. The van der Waals surface area contributed by atoms with E-state index in [1.54, 1.807) is 25.3 Å². The monoisotopic (exact) mass is 336 g/mol. The molecule has 1 aliphatic heterocycles. The first-order chi connectivity index (χ1) is 12.1. The molecule has 2 aromatic carbocycles. The van der Waals surface area contributed by atoms with E-state index in [0.29, 0.717) is 17.1 Å². The predicted octanol–water partition coefficient (Wildman–Crippen LogP) is 2.46. The summed E-state index contributed by atoms with van der Waals surface area (Å²) in [4.78, 5) is 24.0. The zero-order valence-corrected chi connectivity index (χ0v) is 13.5. The van der Waals surface area contributed by atoms with Crippen molar-refractivity contribution in [1.29, 1.82) is 0 Å². The molecule has 126 valence electrons. The van der Waals surface area contributed by atoms with Gasteiger partial charge in [0.05, 0.1) is 23.8 Å². The van der Waals surface area contributed by atoms with Crippen molar-refractivity contribution in [3.8, 4) is 5.75 Å². The van der Waals surface area contributed by atoms with Crippen LogP contribution < -0.4 is 15.4 Å². The molecule has 7 heteroatoms. The lowest BCUT2D eigenvalue weighted by Crippen LogP contribution is -2.34. The quantitative estimate of drug-likeness (QED) is 0.684. The number of anilines is 2. The summed E-state index contributed by atoms with van der Waals surface area (Å²) in [5.74, 6) is 0.276. The van der Waals surface area contributed by atoms with Crippen molar-refractivity contribution in [3.63, 3.8) is 0 Å². The Balaban J connectivity index is 1.47. The van der Waals surface area contributed by atoms with Gasteiger partial charge in [-0.15, -0.1) is 0 Å². The van der Waals surface area contributed by atoms with Gasteiger partial charge in [0.15, 0.2) is 6.10 Å². The zero-order valence-electron chi connectivity index (χ0n) is 13.5. The van der Waals surface area contributed by atoms with Crippen molar-refractivity contribution in [3.05, 3.63) is 48.2 Å². The Bertz CT molecular complexity index is 979. The summed E-state index contributed by atoms with van der Waals surface area (Å²) >= 11 is 0. The van der Waals surface area contributed by atoms with Gasteiger partial charge in [-0.2, -0.15) is 5.10 Å². The Morgan fingerprint density at radius 3 is 3.04 bits per heavy atom.